The fourth-order valence-electron chi connectivity index (χ4n) is 9.33. The van der Waals surface area contributed by atoms with Crippen LogP contribution in [0.4, 0.5) is 11.5 Å². The largest absolute Gasteiger partial charge is 0.457 e. The van der Waals surface area contributed by atoms with E-state index in [1.807, 2.05) is 60.7 Å². The lowest BCUT2D eigenvalue weighted by Crippen LogP contribution is -2.58. The molecule has 0 spiro atoms. The summed E-state index contributed by atoms with van der Waals surface area (Å²) < 4.78 is 8.07. The Morgan fingerprint density at radius 1 is 0.759 bits per heavy atom. The smallest absolute Gasteiger partial charge is 0.262 e. The molecule has 1 atom stereocenters. The van der Waals surface area contributed by atoms with Gasteiger partial charge in [0, 0.05) is 75.9 Å². The fraction of sp³-hybridized carbons (Fsp3) is 0.372. The molecule has 58 heavy (non-hydrogen) atoms. The molecule has 15 heteroatoms. The second-order valence-electron chi connectivity index (χ2n) is 16.3. The highest BCUT2D eigenvalue weighted by Gasteiger charge is 2.45. The highest BCUT2D eigenvalue weighted by atomic mass is 16.5. The summed E-state index contributed by atoms with van der Waals surface area (Å²) in [5.74, 6) is 1.21. The number of para-hydroxylation sites is 1. The zero-order valence-corrected chi connectivity index (χ0v) is 32.0. The van der Waals surface area contributed by atoms with Crippen LogP contribution in [-0.2, 0) is 9.59 Å². The van der Waals surface area contributed by atoms with Crippen molar-refractivity contribution in [2.24, 2.45) is 11.8 Å². The molecule has 0 radical (unpaired) electrons. The topological polar surface area (TPSA) is 172 Å². The number of amides is 4. The molecular weight excluding hydrogens is 737 g/mol. The van der Waals surface area contributed by atoms with Gasteiger partial charge in [0.2, 0.25) is 11.8 Å². The van der Waals surface area contributed by atoms with Crippen LogP contribution in [-0.4, -0.2) is 116 Å². The third-order valence-electron chi connectivity index (χ3n) is 12.3. The number of nitrogens with zero attached hydrogens (tertiary/aromatic N) is 8. The minimum absolute atomic E-state index is 0.101. The van der Waals surface area contributed by atoms with Crippen LogP contribution < -0.4 is 20.7 Å². The average molecular weight is 781 g/mol. The van der Waals surface area contributed by atoms with Gasteiger partial charge in [0.05, 0.1) is 22.6 Å². The van der Waals surface area contributed by atoms with Gasteiger partial charge in [0.1, 0.15) is 35.4 Å². The first-order chi connectivity index (χ1) is 28.3. The summed E-state index contributed by atoms with van der Waals surface area (Å²) in [4.78, 5) is 67.7. The van der Waals surface area contributed by atoms with Gasteiger partial charge >= 0.3 is 0 Å². The van der Waals surface area contributed by atoms with E-state index in [9.17, 15) is 19.2 Å². The molecule has 7 heterocycles. The summed E-state index contributed by atoms with van der Waals surface area (Å²) in [6, 6.07) is 22.2. The van der Waals surface area contributed by atoms with Crippen LogP contribution in [0.25, 0.3) is 22.3 Å². The van der Waals surface area contributed by atoms with Crippen molar-refractivity contribution in [2.75, 3.05) is 63.0 Å². The molecule has 1 unspecified atom stereocenters. The van der Waals surface area contributed by atoms with E-state index in [0.717, 1.165) is 110 Å². The third-order valence-corrected chi connectivity index (χ3v) is 12.3. The van der Waals surface area contributed by atoms with Crippen molar-refractivity contribution in [1.82, 2.24) is 39.8 Å². The molecule has 5 aliphatic heterocycles. The van der Waals surface area contributed by atoms with E-state index >= 15 is 0 Å². The summed E-state index contributed by atoms with van der Waals surface area (Å²) >= 11 is 0. The van der Waals surface area contributed by atoms with Crippen LogP contribution in [0.2, 0.25) is 0 Å². The molecule has 0 saturated carbocycles. The molecule has 5 aliphatic rings. The van der Waals surface area contributed by atoms with Crippen LogP contribution in [0.15, 0.2) is 79.1 Å². The quantitative estimate of drug-likeness (QED) is 0.196. The van der Waals surface area contributed by atoms with Gasteiger partial charge in [-0.1, -0.05) is 18.2 Å². The summed E-state index contributed by atoms with van der Waals surface area (Å²) in [6.45, 7) is 8.12. The second kappa shape index (κ2) is 14.6. The molecule has 5 aromatic rings. The number of nitrogen functional groups attached to an aromatic ring is 1. The minimum Gasteiger partial charge on any atom is -0.457 e. The number of fused-ring (bicyclic) bond motifs is 2. The predicted octanol–water partition coefficient (Wildman–Crippen LogP) is 3.97. The van der Waals surface area contributed by atoms with Crippen molar-refractivity contribution in [2.45, 2.75) is 37.8 Å². The molecular formula is C43H44N10O5. The van der Waals surface area contributed by atoms with E-state index in [0.29, 0.717) is 28.8 Å². The number of rotatable bonds is 10. The van der Waals surface area contributed by atoms with E-state index in [2.05, 4.69) is 34.7 Å². The Morgan fingerprint density at radius 3 is 2.22 bits per heavy atom. The Balaban J connectivity index is 0.696. The van der Waals surface area contributed by atoms with Crippen molar-refractivity contribution in [3.05, 3.63) is 90.3 Å². The number of aromatic nitrogens is 4. The Labute approximate surface area is 334 Å². The zero-order chi connectivity index (χ0) is 39.5. The number of likely N-dealkylation sites (tertiary alicyclic amines) is 2. The number of piperidine rings is 2. The number of ether oxygens (including phenoxy) is 1. The van der Waals surface area contributed by atoms with Crippen molar-refractivity contribution >= 4 is 46.2 Å². The monoisotopic (exact) mass is 780 g/mol. The van der Waals surface area contributed by atoms with Crippen LogP contribution in [0.1, 0.15) is 52.4 Å². The highest BCUT2D eigenvalue weighted by Crippen LogP contribution is 2.37. The molecule has 3 N–H and O–H groups in total. The molecule has 4 amide bonds. The number of benzene rings is 3. The lowest BCUT2D eigenvalue weighted by Gasteiger charge is -2.48. The maximum Gasteiger partial charge on any atom is 0.262 e. The summed E-state index contributed by atoms with van der Waals surface area (Å²) in [6.07, 6.45) is 3.73. The molecule has 296 valence electrons. The lowest BCUT2D eigenvalue weighted by molar-refractivity contribution is -0.136. The molecule has 0 aliphatic carbocycles. The van der Waals surface area contributed by atoms with Crippen molar-refractivity contribution in [1.29, 1.82) is 0 Å². The van der Waals surface area contributed by atoms with E-state index in [1.54, 1.807) is 12.1 Å². The van der Waals surface area contributed by atoms with Crippen molar-refractivity contribution in [3.8, 4) is 22.8 Å². The third kappa shape index (κ3) is 6.63. The minimum atomic E-state index is -0.960. The van der Waals surface area contributed by atoms with Crippen LogP contribution in [0.5, 0.6) is 11.5 Å². The highest BCUT2D eigenvalue weighted by molar-refractivity contribution is 6.23. The lowest BCUT2D eigenvalue weighted by atomic mass is 9.92. The van der Waals surface area contributed by atoms with Crippen LogP contribution in [0, 0.1) is 11.8 Å². The number of hydrogen-bond acceptors (Lipinski definition) is 12. The number of nitrogens with one attached hydrogen (secondary N) is 1. The zero-order valence-electron chi connectivity index (χ0n) is 32.0. The maximum absolute atomic E-state index is 13.3. The number of hydrogen-bond donors (Lipinski definition) is 2. The Hall–Kier alpha value is -6.19. The first-order valence-electron chi connectivity index (χ1n) is 20.1. The first-order valence-corrected chi connectivity index (χ1v) is 20.1. The fourth-order valence-corrected chi connectivity index (χ4v) is 9.33. The number of imide groups is 2. The van der Waals surface area contributed by atoms with Crippen molar-refractivity contribution < 1.29 is 23.9 Å². The maximum atomic E-state index is 13.3. The SMILES string of the molecule is Nc1ncnc2c1c(-c1ccc(Oc3ccccc3)cc1)nn2C1CCN(CC2CN(CC3CN(c4ccc5c(c4)C(=O)N(C4CCC(=O)NC4=O)C5=O)C3)C2)CC1. The molecule has 4 fully saturated rings. The Bertz CT molecular complexity index is 2420. The van der Waals surface area contributed by atoms with E-state index in [4.69, 9.17) is 15.6 Å². The normalized spacial score (nSPS) is 21.0. The molecule has 3 aromatic carbocycles. The molecule has 2 aromatic heterocycles. The average Bonchev–Trinajstić information content (AvgIpc) is 3.71. The van der Waals surface area contributed by atoms with Gasteiger partial charge in [0.25, 0.3) is 11.8 Å². The van der Waals surface area contributed by atoms with Gasteiger partial charge in [-0.25, -0.2) is 14.6 Å². The number of anilines is 2. The summed E-state index contributed by atoms with van der Waals surface area (Å²) in [5, 5.41) is 8.13. The van der Waals surface area contributed by atoms with E-state index in [-0.39, 0.29) is 24.8 Å². The van der Waals surface area contributed by atoms with Gasteiger partial charge < -0.3 is 25.2 Å². The number of nitrogens with two attached hydrogens (primary N) is 1. The summed E-state index contributed by atoms with van der Waals surface area (Å²) in [7, 11) is 0. The van der Waals surface area contributed by atoms with Gasteiger partial charge in [0.15, 0.2) is 5.65 Å². The molecule has 15 nitrogen and oxygen atoms in total. The molecule has 4 saturated heterocycles. The van der Waals surface area contributed by atoms with Crippen LogP contribution >= 0.6 is 0 Å². The first kappa shape index (κ1) is 36.2. The standard InChI is InChI=1S/C43H44N10O5/c44-39-37-38(28-6-9-32(10-7-28)58-31-4-2-1-3-5-31)48-53(40(37)46-25-45-39)29-14-16-49(17-15-29)19-26-20-50(21-26)22-27-23-51(24-27)30-8-11-33-34(18-30)43(57)52(42(33)56)35-12-13-36(54)47-41(35)55/h1-11,18,25-27,29,35H,12-17,19-24H2,(H2,44,45,46)(H,47,54,55). The van der Waals surface area contributed by atoms with E-state index in [1.165, 1.54) is 6.33 Å². The van der Waals surface area contributed by atoms with E-state index < -0.39 is 23.8 Å². The van der Waals surface area contributed by atoms with Gasteiger partial charge in [-0.3, -0.25) is 29.4 Å². The van der Waals surface area contributed by atoms with Gasteiger partial charge in [-0.05, 0) is 79.8 Å². The van der Waals surface area contributed by atoms with Gasteiger partial charge in [-0.2, -0.15) is 5.10 Å². The van der Waals surface area contributed by atoms with Gasteiger partial charge in [-0.15, -0.1) is 0 Å². The number of carbonyl (C=O) groups excluding carboxylic acids is 4. The second-order valence-corrected chi connectivity index (χ2v) is 16.3. The molecule has 0 bridgehead atoms. The molecule has 10 rings (SSSR count). The Morgan fingerprint density at radius 2 is 1.47 bits per heavy atom. The Kier molecular flexibility index (Phi) is 9.13. The summed E-state index contributed by atoms with van der Waals surface area (Å²) in [5.41, 5.74) is 10.5. The predicted molar refractivity (Wildman–Crippen MR) is 215 cm³/mol. The number of carbonyl (C=O) groups is 4. The van der Waals surface area contributed by atoms with Crippen molar-refractivity contribution in [3.63, 3.8) is 0 Å². The van der Waals surface area contributed by atoms with Crippen LogP contribution in [0.3, 0.4) is 0 Å².